The maximum absolute atomic E-state index is 13.4. The van der Waals surface area contributed by atoms with E-state index in [1.54, 1.807) is 29.4 Å². The molecule has 2 heterocycles. The van der Waals surface area contributed by atoms with Gasteiger partial charge < -0.3 is 10.6 Å². The molecule has 1 fully saturated rings. The molecule has 1 aromatic carbocycles. The number of hydrogen-bond donors (Lipinski definition) is 1. The predicted octanol–water partition coefficient (Wildman–Crippen LogP) is 1.11. The molecule has 0 spiro atoms. The lowest BCUT2D eigenvalue weighted by Crippen LogP contribution is -2.45. The van der Waals surface area contributed by atoms with Crippen LogP contribution in [0.5, 0.6) is 0 Å². The molecule has 140 valence electrons. The van der Waals surface area contributed by atoms with Gasteiger partial charge in [0, 0.05) is 48.8 Å². The van der Waals surface area contributed by atoms with Crippen molar-refractivity contribution in [1.29, 1.82) is 0 Å². The number of carbonyl (C=O) groups is 1. The van der Waals surface area contributed by atoms with Gasteiger partial charge in [-0.05, 0) is 31.9 Å². The highest BCUT2D eigenvalue weighted by atomic mass is 32.2. The van der Waals surface area contributed by atoms with Crippen LogP contribution in [-0.4, -0.2) is 60.7 Å². The normalized spacial score (nSPS) is 19.5. The fourth-order valence-electron chi connectivity index (χ4n) is 3.56. The van der Waals surface area contributed by atoms with Gasteiger partial charge in [0.1, 0.15) is 0 Å². The van der Waals surface area contributed by atoms with Gasteiger partial charge >= 0.3 is 0 Å². The van der Waals surface area contributed by atoms with E-state index < -0.39 is 10.0 Å². The van der Waals surface area contributed by atoms with Crippen LogP contribution in [0.1, 0.15) is 18.9 Å². The lowest BCUT2D eigenvalue weighted by Gasteiger charge is -2.28. The fourth-order valence-corrected chi connectivity index (χ4v) is 5.51. The quantitative estimate of drug-likeness (QED) is 0.809. The first-order valence-electron chi connectivity index (χ1n) is 8.69. The maximum Gasteiger partial charge on any atom is 0.244 e. The second-order valence-corrected chi connectivity index (χ2v) is 8.53. The molecule has 8 heteroatoms. The average molecular weight is 377 g/mol. The zero-order valence-corrected chi connectivity index (χ0v) is 15.9. The van der Waals surface area contributed by atoms with Crippen LogP contribution in [0.3, 0.4) is 0 Å². The number of aromatic nitrogens is 1. The molecule has 2 N–H and O–H groups in total. The second kappa shape index (κ2) is 7.30. The average Bonchev–Trinajstić information content (AvgIpc) is 2.83. The van der Waals surface area contributed by atoms with Crippen LogP contribution >= 0.6 is 0 Å². The number of benzene rings is 1. The van der Waals surface area contributed by atoms with Crippen LogP contribution < -0.4 is 5.73 Å². The first-order valence-corrected chi connectivity index (χ1v) is 10.1. The van der Waals surface area contributed by atoms with E-state index in [1.807, 2.05) is 19.9 Å². The molecular formula is C18H24N4O3S. The van der Waals surface area contributed by atoms with Crippen molar-refractivity contribution in [3.8, 4) is 0 Å². The maximum atomic E-state index is 13.4. The van der Waals surface area contributed by atoms with Crippen LogP contribution in [0.15, 0.2) is 35.5 Å². The first kappa shape index (κ1) is 18.8. The molecule has 0 bridgehead atoms. The molecule has 26 heavy (non-hydrogen) atoms. The third-order valence-corrected chi connectivity index (χ3v) is 6.89. The van der Waals surface area contributed by atoms with Gasteiger partial charge in [-0.1, -0.05) is 12.1 Å². The minimum absolute atomic E-state index is 0.0605. The van der Waals surface area contributed by atoms with Crippen molar-refractivity contribution in [2.75, 3.05) is 26.2 Å². The van der Waals surface area contributed by atoms with E-state index in [2.05, 4.69) is 4.98 Å². The Labute approximate surface area is 153 Å². The molecule has 1 aromatic heterocycles. The van der Waals surface area contributed by atoms with E-state index in [9.17, 15) is 13.2 Å². The largest absolute Gasteiger partial charge is 0.340 e. The molecule has 1 amide bonds. The Hall–Kier alpha value is -2.03. The van der Waals surface area contributed by atoms with Crippen molar-refractivity contribution in [2.24, 2.45) is 5.73 Å². The van der Waals surface area contributed by atoms with Gasteiger partial charge in [0.2, 0.25) is 15.9 Å². The minimum Gasteiger partial charge on any atom is -0.340 e. The fraction of sp³-hybridized carbons (Fsp3) is 0.444. The highest BCUT2D eigenvalue weighted by Crippen LogP contribution is 2.29. The summed E-state index contributed by atoms with van der Waals surface area (Å²) in [6, 6.07) is 4.92. The van der Waals surface area contributed by atoms with Crippen LogP contribution in [0.2, 0.25) is 0 Å². The summed E-state index contributed by atoms with van der Waals surface area (Å²) in [4.78, 5) is 18.0. The molecule has 0 aliphatic carbocycles. The van der Waals surface area contributed by atoms with Crippen molar-refractivity contribution >= 4 is 26.7 Å². The van der Waals surface area contributed by atoms with Gasteiger partial charge in [-0.25, -0.2) is 8.42 Å². The molecule has 0 saturated carbocycles. The summed E-state index contributed by atoms with van der Waals surface area (Å²) in [5.41, 5.74) is 6.28. The Bertz CT molecular complexity index is 924. The van der Waals surface area contributed by atoms with Crippen LogP contribution in [-0.2, 0) is 14.8 Å². The zero-order chi connectivity index (χ0) is 18.9. The molecule has 1 aliphatic heterocycles. The number of pyridine rings is 1. The van der Waals surface area contributed by atoms with Gasteiger partial charge in [0.25, 0.3) is 0 Å². The summed E-state index contributed by atoms with van der Waals surface area (Å²) >= 11 is 0. The smallest absolute Gasteiger partial charge is 0.244 e. The van der Waals surface area contributed by atoms with Crippen LogP contribution in [0, 0.1) is 6.92 Å². The van der Waals surface area contributed by atoms with E-state index in [0.717, 1.165) is 10.9 Å². The van der Waals surface area contributed by atoms with Crippen LogP contribution in [0.4, 0.5) is 0 Å². The minimum atomic E-state index is -3.70. The second-order valence-electron chi connectivity index (χ2n) is 6.67. The number of nitrogens with zero attached hydrogens (tertiary/aromatic N) is 3. The van der Waals surface area contributed by atoms with E-state index >= 15 is 0 Å². The van der Waals surface area contributed by atoms with Gasteiger partial charge in [0.15, 0.2) is 0 Å². The topological polar surface area (TPSA) is 96.6 Å². The Balaban J connectivity index is 2.02. The van der Waals surface area contributed by atoms with Gasteiger partial charge in [-0.3, -0.25) is 9.78 Å². The molecule has 1 atom stereocenters. The highest BCUT2D eigenvalue weighted by Gasteiger charge is 2.34. The summed E-state index contributed by atoms with van der Waals surface area (Å²) in [6.07, 6.45) is 3.93. The predicted molar refractivity (Wildman–Crippen MR) is 100 cm³/mol. The third-order valence-electron chi connectivity index (χ3n) is 4.83. The highest BCUT2D eigenvalue weighted by molar-refractivity contribution is 7.89. The van der Waals surface area contributed by atoms with Gasteiger partial charge in [0.05, 0.1) is 11.4 Å². The number of fused-ring (bicyclic) bond motifs is 1. The summed E-state index contributed by atoms with van der Waals surface area (Å²) in [5.74, 6) is -0.150. The summed E-state index contributed by atoms with van der Waals surface area (Å²) in [6.45, 7) is 4.87. The Kier molecular flexibility index (Phi) is 5.27. The van der Waals surface area contributed by atoms with E-state index in [-0.39, 0.29) is 18.5 Å². The number of carbonyl (C=O) groups excluding carboxylic acids is 1. The Morgan fingerprint density at radius 2 is 2.08 bits per heavy atom. The van der Waals surface area contributed by atoms with E-state index in [0.29, 0.717) is 36.3 Å². The number of nitrogens with two attached hydrogens (primary N) is 1. The number of hydrogen-bond acceptors (Lipinski definition) is 5. The van der Waals surface area contributed by atoms with E-state index in [4.69, 9.17) is 5.73 Å². The monoisotopic (exact) mass is 377 g/mol. The van der Waals surface area contributed by atoms with Crippen LogP contribution in [0.25, 0.3) is 10.8 Å². The zero-order valence-electron chi connectivity index (χ0n) is 15.1. The van der Waals surface area contributed by atoms with Crippen molar-refractivity contribution in [3.05, 3.63) is 36.2 Å². The van der Waals surface area contributed by atoms with Crippen molar-refractivity contribution in [2.45, 2.75) is 31.2 Å². The van der Waals surface area contributed by atoms with Crippen molar-refractivity contribution < 1.29 is 13.2 Å². The molecule has 7 nitrogen and oxygen atoms in total. The lowest BCUT2D eigenvalue weighted by molar-refractivity contribution is -0.129. The van der Waals surface area contributed by atoms with Gasteiger partial charge in [-0.15, -0.1) is 0 Å². The third kappa shape index (κ3) is 3.32. The van der Waals surface area contributed by atoms with Crippen molar-refractivity contribution in [3.63, 3.8) is 0 Å². The first-order chi connectivity index (χ1) is 12.4. The molecule has 0 unspecified atom stereocenters. The SMILES string of the molecule is C[C@H]1CN(C(=O)CN)CCCN1S(=O)(=O)c1cccc2cncc([13CH3])c12. The summed E-state index contributed by atoms with van der Waals surface area (Å²) in [7, 11) is -3.70. The van der Waals surface area contributed by atoms with Gasteiger partial charge in [-0.2, -0.15) is 4.31 Å². The number of aryl methyl sites for hydroxylation is 1. The summed E-state index contributed by atoms with van der Waals surface area (Å²) in [5, 5.41) is 1.50. The lowest BCUT2D eigenvalue weighted by atomic mass is 10.1. The molecule has 1 saturated heterocycles. The summed E-state index contributed by atoms with van der Waals surface area (Å²) < 4.78 is 28.4. The van der Waals surface area contributed by atoms with E-state index in [1.165, 1.54) is 4.31 Å². The number of sulfonamides is 1. The van der Waals surface area contributed by atoms with Crippen molar-refractivity contribution in [1.82, 2.24) is 14.2 Å². The molecule has 0 radical (unpaired) electrons. The number of rotatable bonds is 3. The standard InChI is InChI=1S/C18H24N4O3S/c1-13-10-20-11-15-5-3-6-16(18(13)15)26(24,25)22-8-4-7-21(12-14(22)2)17(23)9-19/h3,5-6,10-11,14H,4,7-9,12,19H2,1-2H3/t14-/m0/s1/i1+1. The number of amides is 1. The molecule has 2 aromatic rings. The molecule has 3 rings (SSSR count). The Morgan fingerprint density at radius 1 is 1.31 bits per heavy atom. The molecular weight excluding hydrogens is 353 g/mol. The molecule has 1 aliphatic rings. The Morgan fingerprint density at radius 3 is 2.81 bits per heavy atom.